The number of ether oxygens (including phenoxy) is 1. The van der Waals surface area contributed by atoms with Crippen molar-refractivity contribution in [2.75, 3.05) is 0 Å². The van der Waals surface area contributed by atoms with E-state index in [-0.39, 0.29) is 11.5 Å². The first kappa shape index (κ1) is 16.6. The Labute approximate surface area is 145 Å². The van der Waals surface area contributed by atoms with Gasteiger partial charge in [-0.05, 0) is 35.4 Å². The Balaban J connectivity index is 1.57. The van der Waals surface area contributed by atoms with Crippen LogP contribution >= 0.6 is 0 Å². The molecule has 25 heavy (non-hydrogen) atoms. The molecule has 0 atom stereocenters. The second-order valence-electron chi connectivity index (χ2n) is 5.47. The van der Waals surface area contributed by atoms with Crippen LogP contribution in [0.1, 0.15) is 21.5 Å². The zero-order valence-corrected chi connectivity index (χ0v) is 13.5. The standard InChI is InChI=1S/C20H17FN2O2/c21-18-8-4-7-17(12-18)20(24)23-13-16-9-10-22-19(11-16)25-14-15-5-2-1-3-6-15/h1-12H,13-14H2,(H,23,24). The molecule has 0 fully saturated rings. The number of hydrogen-bond acceptors (Lipinski definition) is 3. The molecule has 0 aliphatic heterocycles. The maximum atomic E-state index is 13.2. The fourth-order valence-electron chi connectivity index (χ4n) is 2.28. The molecule has 0 saturated heterocycles. The fourth-order valence-corrected chi connectivity index (χ4v) is 2.28. The van der Waals surface area contributed by atoms with E-state index in [1.807, 2.05) is 30.3 Å². The lowest BCUT2D eigenvalue weighted by molar-refractivity contribution is 0.0950. The molecule has 1 N–H and O–H groups in total. The van der Waals surface area contributed by atoms with Crippen molar-refractivity contribution < 1.29 is 13.9 Å². The highest BCUT2D eigenvalue weighted by atomic mass is 19.1. The number of nitrogens with one attached hydrogen (secondary N) is 1. The highest BCUT2D eigenvalue weighted by Gasteiger charge is 2.07. The minimum absolute atomic E-state index is 0.287. The van der Waals surface area contributed by atoms with Gasteiger partial charge in [-0.25, -0.2) is 9.37 Å². The lowest BCUT2D eigenvalue weighted by Gasteiger charge is -2.08. The number of nitrogens with zero attached hydrogens (tertiary/aromatic N) is 1. The number of rotatable bonds is 6. The summed E-state index contributed by atoms with van der Waals surface area (Å²) in [6.45, 7) is 0.729. The number of hydrogen-bond donors (Lipinski definition) is 1. The van der Waals surface area contributed by atoms with Crippen LogP contribution in [0.15, 0.2) is 72.9 Å². The molecule has 0 radical (unpaired) electrons. The van der Waals surface area contributed by atoms with Crippen molar-refractivity contribution in [1.29, 1.82) is 0 Å². The van der Waals surface area contributed by atoms with Crippen LogP contribution in [-0.2, 0) is 13.2 Å². The molecule has 0 bridgehead atoms. The van der Waals surface area contributed by atoms with Gasteiger partial charge in [-0.3, -0.25) is 4.79 Å². The molecular formula is C20H17FN2O2. The van der Waals surface area contributed by atoms with Gasteiger partial charge < -0.3 is 10.1 Å². The number of aromatic nitrogens is 1. The third kappa shape index (κ3) is 4.88. The average Bonchev–Trinajstić information content (AvgIpc) is 2.66. The van der Waals surface area contributed by atoms with Gasteiger partial charge in [-0.1, -0.05) is 36.4 Å². The summed E-state index contributed by atoms with van der Waals surface area (Å²) in [5.74, 6) is -0.280. The summed E-state index contributed by atoms with van der Waals surface area (Å²) >= 11 is 0. The zero-order valence-electron chi connectivity index (χ0n) is 13.5. The molecule has 1 aromatic heterocycles. The molecule has 5 heteroatoms. The zero-order chi connectivity index (χ0) is 17.5. The van der Waals surface area contributed by atoms with Gasteiger partial charge in [0.1, 0.15) is 12.4 Å². The van der Waals surface area contributed by atoms with E-state index in [0.29, 0.717) is 19.0 Å². The molecule has 0 aliphatic carbocycles. The summed E-state index contributed by atoms with van der Waals surface area (Å²) in [6.07, 6.45) is 1.63. The lowest BCUT2D eigenvalue weighted by atomic mass is 10.2. The third-order valence-electron chi connectivity index (χ3n) is 3.57. The van der Waals surface area contributed by atoms with Gasteiger partial charge in [0.2, 0.25) is 5.88 Å². The van der Waals surface area contributed by atoms with Crippen LogP contribution in [0.25, 0.3) is 0 Å². The van der Waals surface area contributed by atoms with Crippen LogP contribution in [0.2, 0.25) is 0 Å². The maximum Gasteiger partial charge on any atom is 0.251 e. The van der Waals surface area contributed by atoms with Gasteiger partial charge in [0.15, 0.2) is 0 Å². The van der Waals surface area contributed by atoms with Gasteiger partial charge in [0.25, 0.3) is 5.91 Å². The quantitative estimate of drug-likeness (QED) is 0.746. The van der Waals surface area contributed by atoms with E-state index < -0.39 is 5.82 Å². The van der Waals surface area contributed by atoms with Crippen molar-refractivity contribution in [3.63, 3.8) is 0 Å². The Morgan fingerprint density at radius 1 is 1.00 bits per heavy atom. The Hall–Kier alpha value is -3.21. The number of carbonyl (C=O) groups excluding carboxylic acids is 1. The van der Waals surface area contributed by atoms with E-state index in [2.05, 4.69) is 10.3 Å². The first-order chi connectivity index (χ1) is 12.2. The second kappa shape index (κ2) is 8.06. The summed E-state index contributed by atoms with van der Waals surface area (Å²) in [6, 6.07) is 18.9. The lowest BCUT2D eigenvalue weighted by Crippen LogP contribution is -2.22. The Morgan fingerprint density at radius 2 is 1.84 bits per heavy atom. The largest absolute Gasteiger partial charge is 0.473 e. The van der Waals surface area contributed by atoms with Crippen molar-refractivity contribution in [2.45, 2.75) is 13.2 Å². The van der Waals surface area contributed by atoms with Gasteiger partial charge in [-0.15, -0.1) is 0 Å². The van der Waals surface area contributed by atoms with Crippen molar-refractivity contribution in [1.82, 2.24) is 10.3 Å². The Kier molecular flexibility index (Phi) is 5.36. The molecular weight excluding hydrogens is 319 g/mol. The molecule has 2 aromatic carbocycles. The van der Waals surface area contributed by atoms with E-state index in [1.165, 1.54) is 18.2 Å². The number of carbonyl (C=O) groups is 1. The second-order valence-corrected chi connectivity index (χ2v) is 5.47. The predicted octanol–water partition coefficient (Wildman–Crippen LogP) is 3.73. The summed E-state index contributed by atoms with van der Waals surface area (Å²) in [4.78, 5) is 16.2. The number of halogens is 1. The van der Waals surface area contributed by atoms with Crippen molar-refractivity contribution >= 4 is 5.91 Å². The summed E-state index contributed by atoms with van der Waals surface area (Å²) in [5, 5.41) is 2.75. The first-order valence-electron chi connectivity index (χ1n) is 7.86. The van der Waals surface area contributed by atoms with Crippen molar-refractivity contribution in [3.05, 3.63) is 95.4 Å². The molecule has 3 aromatic rings. The van der Waals surface area contributed by atoms with Crippen molar-refractivity contribution in [2.24, 2.45) is 0 Å². The van der Waals surface area contributed by atoms with Gasteiger partial charge in [-0.2, -0.15) is 0 Å². The molecule has 126 valence electrons. The maximum absolute atomic E-state index is 13.2. The van der Waals surface area contributed by atoms with Crippen LogP contribution < -0.4 is 10.1 Å². The van der Waals surface area contributed by atoms with Gasteiger partial charge in [0.05, 0.1) is 0 Å². The van der Waals surface area contributed by atoms with E-state index in [4.69, 9.17) is 4.74 Å². The van der Waals surface area contributed by atoms with Gasteiger partial charge >= 0.3 is 0 Å². The Morgan fingerprint density at radius 3 is 2.64 bits per heavy atom. The average molecular weight is 336 g/mol. The minimum Gasteiger partial charge on any atom is -0.473 e. The molecule has 0 aliphatic rings. The highest BCUT2D eigenvalue weighted by molar-refractivity contribution is 5.94. The number of benzene rings is 2. The van der Waals surface area contributed by atoms with E-state index in [0.717, 1.165) is 11.1 Å². The van der Waals surface area contributed by atoms with E-state index in [1.54, 1.807) is 24.4 Å². The summed E-state index contributed by atoms with van der Waals surface area (Å²) in [7, 11) is 0. The predicted molar refractivity (Wildman–Crippen MR) is 92.6 cm³/mol. The smallest absolute Gasteiger partial charge is 0.251 e. The number of pyridine rings is 1. The monoisotopic (exact) mass is 336 g/mol. The molecule has 1 heterocycles. The molecule has 0 spiro atoms. The number of amides is 1. The van der Waals surface area contributed by atoms with Crippen molar-refractivity contribution in [3.8, 4) is 5.88 Å². The van der Waals surface area contributed by atoms with E-state index >= 15 is 0 Å². The molecule has 1 amide bonds. The van der Waals surface area contributed by atoms with Crippen LogP contribution in [0, 0.1) is 5.82 Å². The fraction of sp³-hybridized carbons (Fsp3) is 0.100. The van der Waals surface area contributed by atoms with E-state index in [9.17, 15) is 9.18 Å². The first-order valence-corrected chi connectivity index (χ1v) is 7.86. The molecule has 0 saturated carbocycles. The summed E-state index contributed by atoms with van der Waals surface area (Å²) < 4.78 is 18.8. The highest BCUT2D eigenvalue weighted by Crippen LogP contribution is 2.12. The van der Waals surface area contributed by atoms with Crippen LogP contribution in [-0.4, -0.2) is 10.9 Å². The summed E-state index contributed by atoms with van der Waals surface area (Å²) in [5.41, 5.74) is 2.19. The van der Waals surface area contributed by atoms with Crippen LogP contribution in [0.4, 0.5) is 4.39 Å². The van der Waals surface area contributed by atoms with Crippen LogP contribution in [0.3, 0.4) is 0 Å². The third-order valence-corrected chi connectivity index (χ3v) is 3.57. The topological polar surface area (TPSA) is 51.2 Å². The Bertz CT molecular complexity index is 853. The van der Waals surface area contributed by atoms with Gasteiger partial charge in [0, 0.05) is 24.4 Å². The molecule has 0 unspecified atom stereocenters. The normalized spacial score (nSPS) is 10.3. The molecule has 4 nitrogen and oxygen atoms in total. The van der Waals surface area contributed by atoms with Crippen LogP contribution in [0.5, 0.6) is 5.88 Å². The SMILES string of the molecule is O=C(NCc1ccnc(OCc2ccccc2)c1)c1cccc(F)c1. The molecule has 3 rings (SSSR count). The minimum atomic E-state index is -0.437.